The Morgan fingerprint density at radius 3 is 2.42 bits per heavy atom. The van der Waals surface area contributed by atoms with E-state index in [1.54, 1.807) is 12.1 Å². The zero-order valence-electron chi connectivity index (χ0n) is 13.9. The van der Waals surface area contributed by atoms with Crippen LogP contribution in [0.4, 0.5) is 11.4 Å². The SMILES string of the molecule is COc1ccc(C)cc1NC(=O)/C(C#N)=C\Nc1ccc(C)cc1. The summed E-state index contributed by atoms with van der Waals surface area (Å²) in [5, 5.41) is 14.9. The molecule has 0 atom stereocenters. The molecule has 0 heterocycles. The number of nitrogens with zero attached hydrogens (tertiary/aromatic N) is 1. The van der Waals surface area contributed by atoms with Crippen LogP contribution in [0, 0.1) is 25.2 Å². The minimum Gasteiger partial charge on any atom is -0.495 e. The van der Waals surface area contributed by atoms with Gasteiger partial charge in [0.05, 0.1) is 12.8 Å². The number of nitrogens with one attached hydrogen (secondary N) is 2. The van der Waals surface area contributed by atoms with Gasteiger partial charge in [0.1, 0.15) is 17.4 Å². The molecular formula is C19H19N3O2. The molecule has 5 heteroatoms. The molecule has 0 saturated heterocycles. The molecule has 2 aromatic rings. The molecule has 0 spiro atoms. The molecule has 2 N–H and O–H groups in total. The van der Waals surface area contributed by atoms with Crippen LogP contribution in [-0.2, 0) is 4.79 Å². The van der Waals surface area contributed by atoms with Gasteiger partial charge in [-0.05, 0) is 43.7 Å². The van der Waals surface area contributed by atoms with Gasteiger partial charge in [0, 0.05) is 11.9 Å². The maximum Gasteiger partial charge on any atom is 0.267 e. The first-order valence-corrected chi connectivity index (χ1v) is 7.43. The molecule has 1 amide bonds. The highest BCUT2D eigenvalue weighted by Gasteiger charge is 2.12. The molecule has 2 aromatic carbocycles. The van der Waals surface area contributed by atoms with Crippen molar-refractivity contribution in [2.24, 2.45) is 0 Å². The van der Waals surface area contributed by atoms with E-state index in [0.717, 1.165) is 16.8 Å². The maximum atomic E-state index is 12.3. The molecule has 24 heavy (non-hydrogen) atoms. The second kappa shape index (κ2) is 7.84. The van der Waals surface area contributed by atoms with Crippen molar-refractivity contribution in [2.75, 3.05) is 17.7 Å². The minimum absolute atomic E-state index is 0.0286. The van der Waals surface area contributed by atoms with E-state index in [4.69, 9.17) is 4.74 Å². The summed E-state index contributed by atoms with van der Waals surface area (Å²) in [5.74, 6) is 0.0405. The molecule has 0 bridgehead atoms. The van der Waals surface area contributed by atoms with Crippen LogP contribution < -0.4 is 15.4 Å². The number of rotatable bonds is 5. The number of carbonyl (C=O) groups is 1. The minimum atomic E-state index is -0.499. The van der Waals surface area contributed by atoms with E-state index in [2.05, 4.69) is 10.6 Å². The van der Waals surface area contributed by atoms with Gasteiger partial charge >= 0.3 is 0 Å². The van der Waals surface area contributed by atoms with Gasteiger partial charge in [-0.25, -0.2) is 0 Å². The number of hydrogen-bond donors (Lipinski definition) is 2. The zero-order valence-corrected chi connectivity index (χ0v) is 13.9. The van der Waals surface area contributed by atoms with E-state index >= 15 is 0 Å². The lowest BCUT2D eigenvalue weighted by Crippen LogP contribution is -2.15. The molecule has 0 radical (unpaired) electrons. The molecule has 0 unspecified atom stereocenters. The summed E-state index contributed by atoms with van der Waals surface area (Å²) in [6, 6.07) is 15.0. The third-order valence-electron chi connectivity index (χ3n) is 3.40. The Morgan fingerprint density at radius 2 is 1.79 bits per heavy atom. The first-order valence-electron chi connectivity index (χ1n) is 7.43. The van der Waals surface area contributed by atoms with Crippen LogP contribution in [0.15, 0.2) is 54.2 Å². The van der Waals surface area contributed by atoms with Gasteiger partial charge in [0.15, 0.2) is 0 Å². The van der Waals surface area contributed by atoms with Gasteiger partial charge in [-0.1, -0.05) is 23.8 Å². The number of aryl methyl sites for hydroxylation is 2. The van der Waals surface area contributed by atoms with Crippen molar-refractivity contribution in [3.63, 3.8) is 0 Å². The van der Waals surface area contributed by atoms with Crippen molar-refractivity contribution in [2.45, 2.75) is 13.8 Å². The first-order chi connectivity index (χ1) is 11.5. The van der Waals surface area contributed by atoms with E-state index in [-0.39, 0.29) is 5.57 Å². The number of methoxy groups -OCH3 is 1. The Morgan fingerprint density at radius 1 is 1.12 bits per heavy atom. The van der Waals surface area contributed by atoms with Crippen molar-refractivity contribution in [3.8, 4) is 11.8 Å². The highest BCUT2D eigenvalue weighted by Crippen LogP contribution is 2.25. The summed E-state index contributed by atoms with van der Waals surface area (Å²) in [7, 11) is 1.53. The summed E-state index contributed by atoms with van der Waals surface area (Å²) in [6.07, 6.45) is 1.39. The largest absolute Gasteiger partial charge is 0.495 e. The summed E-state index contributed by atoms with van der Waals surface area (Å²) in [6.45, 7) is 3.90. The average molecular weight is 321 g/mol. The fourth-order valence-corrected chi connectivity index (χ4v) is 2.06. The number of anilines is 2. The van der Waals surface area contributed by atoms with Gasteiger partial charge in [-0.3, -0.25) is 4.79 Å². The van der Waals surface area contributed by atoms with Crippen LogP contribution in [0.5, 0.6) is 5.75 Å². The van der Waals surface area contributed by atoms with Crippen LogP contribution in [0.1, 0.15) is 11.1 Å². The topological polar surface area (TPSA) is 74.1 Å². The van der Waals surface area contributed by atoms with E-state index in [1.807, 2.05) is 50.2 Å². The highest BCUT2D eigenvalue weighted by atomic mass is 16.5. The Labute approximate surface area is 141 Å². The number of carbonyl (C=O) groups excluding carboxylic acids is 1. The summed E-state index contributed by atoms with van der Waals surface area (Å²) < 4.78 is 5.22. The Bertz CT molecular complexity index is 802. The molecule has 2 rings (SSSR count). The number of nitriles is 1. The van der Waals surface area contributed by atoms with Gasteiger partial charge in [-0.2, -0.15) is 5.26 Å². The second-order valence-electron chi connectivity index (χ2n) is 5.34. The molecule has 0 fully saturated rings. The van der Waals surface area contributed by atoms with E-state index in [9.17, 15) is 10.1 Å². The van der Waals surface area contributed by atoms with Gasteiger partial charge in [-0.15, -0.1) is 0 Å². The average Bonchev–Trinajstić information content (AvgIpc) is 2.57. The molecule has 0 aliphatic heterocycles. The molecule has 5 nitrogen and oxygen atoms in total. The first kappa shape index (κ1) is 17.1. The molecular weight excluding hydrogens is 302 g/mol. The van der Waals surface area contributed by atoms with E-state index in [0.29, 0.717) is 11.4 Å². The predicted octanol–water partition coefficient (Wildman–Crippen LogP) is 3.77. The van der Waals surface area contributed by atoms with Crippen molar-refractivity contribution < 1.29 is 9.53 Å². The van der Waals surface area contributed by atoms with E-state index in [1.165, 1.54) is 13.3 Å². The van der Waals surface area contributed by atoms with Crippen molar-refractivity contribution in [1.82, 2.24) is 0 Å². The van der Waals surface area contributed by atoms with Gasteiger partial charge in [0.25, 0.3) is 5.91 Å². The van der Waals surface area contributed by atoms with Gasteiger partial charge < -0.3 is 15.4 Å². The van der Waals surface area contributed by atoms with Crippen molar-refractivity contribution in [1.29, 1.82) is 5.26 Å². The lowest BCUT2D eigenvalue weighted by molar-refractivity contribution is -0.112. The Balaban J connectivity index is 2.14. The van der Waals surface area contributed by atoms with E-state index < -0.39 is 5.91 Å². The summed E-state index contributed by atoms with van der Waals surface area (Å²) in [4.78, 5) is 12.3. The maximum absolute atomic E-state index is 12.3. The summed E-state index contributed by atoms with van der Waals surface area (Å²) in [5.41, 5.74) is 3.41. The number of ether oxygens (including phenoxy) is 1. The fourth-order valence-electron chi connectivity index (χ4n) is 2.06. The molecule has 0 aromatic heterocycles. The quantitative estimate of drug-likeness (QED) is 0.649. The lowest BCUT2D eigenvalue weighted by atomic mass is 10.2. The third kappa shape index (κ3) is 4.37. The lowest BCUT2D eigenvalue weighted by Gasteiger charge is -2.10. The molecule has 0 saturated carbocycles. The monoisotopic (exact) mass is 321 g/mol. The second-order valence-corrected chi connectivity index (χ2v) is 5.34. The van der Waals surface area contributed by atoms with Crippen LogP contribution in [0.25, 0.3) is 0 Å². The molecule has 0 aliphatic carbocycles. The smallest absolute Gasteiger partial charge is 0.267 e. The van der Waals surface area contributed by atoms with Crippen LogP contribution >= 0.6 is 0 Å². The number of benzene rings is 2. The van der Waals surface area contributed by atoms with Crippen molar-refractivity contribution >= 4 is 17.3 Å². The summed E-state index contributed by atoms with van der Waals surface area (Å²) >= 11 is 0. The van der Waals surface area contributed by atoms with Crippen LogP contribution in [-0.4, -0.2) is 13.0 Å². The van der Waals surface area contributed by atoms with Crippen LogP contribution in [0.3, 0.4) is 0 Å². The standard InChI is InChI=1S/C19H19N3O2/c1-13-4-7-16(8-5-13)21-12-15(11-20)19(23)22-17-10-14(2)6-9-18(17)24-3/h4-10,12,21H,1-3H3,(H,22,23)/b15-12-. The fraction of sp³-hybridized carbons (Fsp3) is 0.158. The van der Waals surface area contributed by atoms with Crippen molar-refractivity contribution in [3.05, 3.63) is 65.4 Å². The number of hydrogen-bond acceptors (Lipinski definition) is 4. The molecule has 122 valence electrons. The third-order valence-corrected chi connectivity index (χ3v) is 3.40. The van der Waals surface area contributed by atoms with Gasteiger partial charge in [0.2, 0.25) is 0 Å². The number of amides is 1. The van der Waals surface area contributed by atoms with Crippen LogP contribution in [0.2, 0.25) is 0 Å². The predicted molar refractivity (Wildman–Crippen MR) is 94.9 cm³/mol. The highest BCUT2D eigenvalue weighted by molar-refractivity contribution is 6.07. The normalized spacial score (nSPS) is 10.7. The zero-order chi connectivity index (χ0) is 17.5. The molecule has 0 aliphatic rings. The Hall–Kier alpha value is -3.26. The Kier molecular flexibility index (Phi) is 5.58.